The van der Waals surface area contributed by atoms with Gasteiger partial charge >= 0.3 is 0 Å². The first kappa shape index (κ1) is 13.3. The minimum absolute atomic E-state index is 0.290. The third-order valence-electron chi connectivity index (χ3n) is 4.80. The van der Waals surface area contributed by atoms with Crippen LogP contribution in [0.4, 0.5) is 0 Å². The van der Waals surface area contributed by atoms with Gasteiger partial charge in [0.2, 0.25) is 0 Å². The molecule has 1 atom stereocenters. The number of nitrogens with one attached hydrogen (secondary N) is 1. The number of ether oxygens (including phenoxy) is 1. The number of hydrogen-bond acceptors (Lipinski definition) is 3. The molecule has 2 nitrogen and oxygen atoms in total. The van der Waals surface area contributed by atoms with E-state index in [1.54, 1.807) is 0 Å². The van der Waals surface area contributed by atoms with Crippen LogP contribution in [-0.4, -0.2) is 36.3 Å². The van der Waals surface area contributed by atoms with Gasteiger partial charge < -0.3 is 10.1 Å². The van der Waals surface area contributed by atoms with Crippen LogP contribution in [0, 0.1) is 5.92 Å². The van der Waals surface area contributed by atoms with E-state index in [0.717, 1.165) is 18.6 Å². The summed E-state index contributed by atoms with van der Waals surface area (Å²) < 4.78 is 6.16. The van der Waals surface area contributed by atoms with Crippen LogP contribution >= 0.6 is 11.8 Å². The molecule has 0 aromatic heterocycles. The smallest absolute Gasteiger partial charge is 0.0700 e. The van der Waals surface area contributed by atoms with E-state index in [-0.39, 0.29) is 5.60 Å². The van der Waals surface area contributed by atoms with Crippen molar-refractivity contribution < 1.29 is 4.74 Å². The van der Waals surface area contributed by atoms with Crippen LogP contribution in [0.2, 0.25) is 0 Å². The van der Waals surface area contributed by atoms with Crippen LogP contribution < -0.4 is 5.32 Å². The first-order chi connectivity index (χ1) is 8.86. The summed E-state index contributed by atoms with van der Waals surface area (Å²) in [6.07, 6.45) is 10.9. The molecule has 1 unspecified atom stereocenters. The molecular formula is C15H27NOS. The second-order valence-electron chi connectivity index (χ2n) is 6.37. The molecule has 0 aromatic carbocycles. The van der Waals surface area contributed by atoms with Crippen LogP contribution in [0.1, 0.15) is 51.4 Å². The molecule has 3 heteroatoms. The van der Waals surface area contributed by atoms with Crippen molar-refractivity contribution in [1.29, 1.82) is 0 Å². The van der Waals surface area contributed by atoms with Crippen molar-refractivity contribution in [3.05, 3.63) is 0 Å². The van der Waals surface area contributed by atoms with E-state index in [0.29, 0.717) is 0 Å². The van der Waals surface area contributed by atoms with Crippen molar-refractivity contribution in [3.63, 3.8) is 0 Å². The van der Waals surface area contributed by atoms with Crippen molar-refractivity contribution in [3.8, 4) is 0 Å². The van der Waals surface area contributed by atoms with Crippen LogP contribution in [0.25, 0.3) is 0 Å². The molecule has 2 saturated heterocycles. The highest BCUT2D eigenvalue weighted by molar-refractivity contribution is 7.99. The lowest BCUT2D eigenvalue weighted by molar-refractivity contribution is -0.103. The highest BCUT2D eigenvalue weighted by Crippen LogP contribution is 2.40. The van der Waals surface area contributed by atoms with Gasteiger partial charge in [-0.15, -0.1) is 0 Å². The Hall–Kier alpha value is 0.270. The maximum Gasteiger partial charge on any atom is 0.0700 e. The maximum atomic E-state index is 6.16. The monoisotopic (exact) mass is 269 g/mol. The molecule has 2 aliphatic heterocycles. The van der Waals surface area contributed by atoms with Gasteiger partial charge in [0.25, 0.3) is 0 Å². The fourth-order valence-electron chi connectivity index (χ4n) is 3.45. The molecule has 104 valence electrons. The zero-order valence-electron chi connectivity index (χ0n) is 11.5. The molecule has 3 fully saturated rings. The fourth-order valence-corrected chi connectivity index (χ4v) is 4.69. The Bertz CT molecular complexity index is 256. The SMILES string of the molecule is C(CNC1CC1)CC1CCOC2(CCSCC2)C1. The summed E-state index contributed by atoms with van der Waals surface area (Å²) in [5.74, 6) is 3.56. The summed E-state index contributed by atoms with van der Waals surface area (Å²) >= 11 is 2.11. The van der Waals surface area contributed by atoms with E-state index >= 15 is 0 Å². The van der Waals surface area contributed by atoms with Crippen molar-refractivity contribution in [2.45, 2.75) is 63.0 Å². The summed E-state index contributed by atoms with van der Waals surface area (Å²) in [6, 6.07) is 0.876. The molecule has 3 rings (SSSR count). The van der Waals surface area contributed by atoms with Gasteiger partial charge in [-0.1, -0.05) is 0 Å². The van der Waals surface area contributed by atoms with E-state index in [9.17, 15) is 0 Å². The lowest BCUT2D eigenvalue weighted by Crippen LogP contribution is -2.42. The minimum Gasteiger partial charge on any atom is -0.375 e. The first-order valence-electron chi connectivity index (χ1n) is 7.81. The quantitative estimate of drug-likeness (QED) is 0.774. The van der Waals surface area contributed by atoms with Gasteiger partial charge in [-0.25, -0.2) is 0 Å². The first-order valence-corrected chi connectivity index (χ1v) is 8.97. The van der Waals surface area contributed by atoms with Crippen LogP contribution in [0.15, 0.2) is 0 Å². The average Bonchev–Trinajstić information content (AvgIpc) is 3.20. The minimum atomic E-state index is 0.290. The Balaban J connectivity index is 1.38. The molecule has 3 aliphatic rings. The summed E-state index contributed by atoms with van der Waals surface area (Å²) in [5, 5.41) is 3.63. The van der Waals surface area contributed by atoms with Crippen LogP contribution in [0.3, 0.4) is 0 Å². The molecule has 0 bridgehead atoms. The zero-order valence-corrected chi connectivity index (χ0v) is 12.3. The van der Waals surface area contributed by atoms with Gasteiger partial charge in [-0.05, 0) is 75.3 Å². The highest BCUT2D eigenvalue weighted by Gasteiger charge is 2.38. The van der Waals surface area contributed by atoms with Crippen molar-refractivity contribution in [2.24, 2.45) is 5.92 Å². The third kappa shape index (κ3) is 3.64. The zero-order chi connectivity index (χ0) is 12.3. The molecular weight excluding hydrogens is 242 g/mol. The van der Waals surface area contributed by atoms with E-state index in [1.165, 1.54) is 69.4 Å². The van der Waals surface area contributed by atoms with Crippen molar-refractivity contribution in [2.75, 3.05) is 24.7 Å². The molecule has 2 heterocycles. The Morgan fingerprint density at radius 2 is 2.00 bits per heavy atom. The molecule has 1 spiro atoms. The molecule has 1 aliphatic carbocycles. The fraction of sp³-hybridized carbons (Fsp3) is 1.00. The van der Waals surface area contributed by atoms with Gasteiger partial charge in [-0.2, -0.15) is 11.8 Å². The maximum absolute atomic E-state index is 6.16. The average molecular weight is 269 g/mol. The molecule has 0 amide bonds. The van der Waals surface area contributed by atoms with E-state index in [2.05, 4.69) is 17.1 Å². The number of thioether (sulfide) groups is 1. The summed E-state index contributed by atoms with van der Waals surface area (Å²) in [5.41, 5.74) is 0.290. The standard InChI is InChI=1S/C15H27NOS/c1(8-16-14-3-4-14)2-13-5-9-17-15(12-13)6-10-18-11-7-15/h13-14,16H,1-12H2. The van der Waals surface area contributed by atoms with E-state index in [4.69, 9.17) is 4.74 Å². The second kappa shape index (κ2) is 6.15. The molecule has 1 saturated carbocycles. The van der Waals surface area contributed by atoms with E-state index < -0.39 is 0 Å². The summed E-state index contributed by atoms with van der Waals surface area (Å²) in [7, 11) is 0. The van der Waals surface area contributed by atoms with Gasteiger partial charge in [0.1, 0.15) is 0 Å². The summed E-state index contributed by atoms with van der Waals surface area (Å²) in [4.78, 5) is 0. The summed E-state index contributed by atoms with van der Waals surface area (Å²) in [6.45, 7) is 2.26. The molecule has 0 aromatic rings. The van der Waals surface area contributed by atoms with Crippen molar-refractivity contribution in [1.82, 2.24) is 5.32 Å². The predicted octanol–water partition coefficient (Wildman–Crippen LogP) is 3.21. The second-order valence-corrected chi connectivity index (χ2v) is 7.60. The largest absolute Gasteiger partial charge is 0.375 e. The van der Waals surface area contributed by atoms with E-state index in [1.807, 2.05) is 0 Å². The van der Waals surface area contributed by atoms with Crippen molar-refractivity contribution >= 4 is 11.8 Å². The number of rotatable bonds is 5. The normalized spacial score (nSPS) is 31.7. The van der Waals surface area contributed by atoms with Gasteiger partial charge in [0, 0.05) is 12.6 Å². The Morgan fingerprint density at radius 3 is 2.78 bits per heavy atom. The molecule has 0 radical (unpaired) electrons. The Morgan fingerprint density at radius 1 is 1.17 bits per heavy atom. The van der Waals surface area contributed by atoms with Gasteiger partial charge in [0.05, 0.1) is 5.60 Å². The molecule has 1 N–H and O–H groups in total. The third-order valence-corrected chi connectivity index (χ3v) is 5.78. The van der Waals surface area contributed by atoms with Crippen LogP contribution in [-0.2, 0) is 4.74 Å². The molecule has 18 heavy (non-hydrogen) atoms. The predicted molar refractivity (Wildman–Crippen MR) is 78.2 cm³/mol. The lowest BCUT2D eigenvalue weighted by atomic mass is 9.80. The van der Waals surface area contributed by atoms with Gasteiger partial charge in [-0.3, -0.25) is 0 Å². The van der Waals surface area contributed by atoms with Crippen LogP contribution in [0.5, 0.6) is 0 Å². The Labute approximate surface area is 116 Å². The number of hydrogen-bond donors (Lipinski definition) is 1. The highest BCUT2D eigenvalue weighted by atomic mass is 32.2. The topological polar surface area (TPSA) is 21.3 Å². The lowest BCUT2D eigenvalue weighted by Gasteiger charge is -2.43. The van der Waals surface area contributed by atoms with Gasteiger partial charge in [0.15, 0.2) is 0 Å². The Kier molecular flexibility index (Phi) is 4.53.